The van der Waals surface area contributed by atoms with Crippen molar-refractivity contribution < 1.29 is 9.53 Å². The fourth-order valence-corrected chi connectivity index (χ4v) is 1.22. The Balaban J connectivity index is 2.67. The van der Waals surface area contributed by atoms with Gasteiger partial charge in [0.15, 0.2) is 0 Å². The molecule has 16 heavy (non-hydrogen) atoms. The van der Waals surface area contributed by atoms with Gasteiger partial charge in [0.05, 0.1) is 18.0 Å². The molecule has 0 saturated heterocycles. The van der Waals surface area contributed by atoms with Gasteiger partial charge < -0.3 is 15.8 Å². The molecule has 0 aliphatic heterocycles. The molecule has 0 spiro atoms. The molecule has 0 heterocycles. The smallest absolute Gasteiger partial charge is 0.332 e. The van der Waals surface area contributed by atoms with Crippen LogP contribution in [0.25, 0.3) is 0 Å². The summed E-state index contributed by atoms with van der Waals surface area (Å²) in [5.41, 5.74) is 7.86. The maximum Gasteiger partial charge on any atom is 0.332 e. The summed E-state index contributed by atoms with van der Waals surface area (Å²) in [6.45, 7) is 3.92. The van der Waals surface area contributed by atoms with Gasteiger partial charge in [-0.2, -0.15) is 0 Å². The quantitative estimate of drug-likeness (QED) is 0.463. The van der Waals surface area contributed by atoms with E-state index in [1.807, 2.05) is 18.2 Å². The molecule has 0 radical (unpaired) electrons. The van der Waals surface area contributed by atoms with E-state index in [1.54, 1.807) is 19.9 Å². The normalized spacial score (nSPS) is 11.0. The second-order valence-corrected chi connectivity index (χ2v) is 3.29. The average Bonchev–Trinajstić information content (AvgIpc) is 2.21. The molecule has 0 amide bonds. The predicted octanol–water partition coefficient (Wildman–Crippen LogP) is 2.15. The zero-order valence-electron chi connectivity index (χ0n) is 9.49. The third kappa shape index (κ3) is 3.65. The molecule has 1 aromatic rings. The highest BCUT2D eigenvalue weighted by Gasteiger charge is 2.00. The lowest BCUT2D eigenvalue weighted by Gasteiger charge is -2.08. The van der Waals surface area contributed by atoms with Gasteiger partial charge in [0.2, 0.25) is 0 Å². The van der Waals surface area contributed by atoms with Gasteiger partial charge in [-0.15, -0.1) is 0 Å². The molecule has 0 fully saturated rings. The zero-order valence-corrected chi connectivity index (χ0v) is 9.49. The van der Waals surface area contributed by atoms with Gasteiger partial charge in [0, 0.05) is 11.8 Å². The summed E-state index contributed by atoms with van der Waals surface area (Å²) < 4.78 is 4.79. The molecule has 0 aliphatic rings. The van der Waals surface area contributed by atoms with Crippen LogP contribution in [0.15, 0.2) is 36.0 Å². The highest BCUT2D eigenvalue weighted by molar-refractivity contribution is 5.83. The first-order chi connectivity index (χ1) is 7.63. The fourth-order valence-electron chi connectivity index (χ4n) is 1.22. The number of hydrogen-bond acceptors (Lipinski definition) is 4. The SMILES string of the molecule is CCOC(=O)C=C(C)Nc1ccccc1N. The zero-order chi connectivity index (χ0) is 12.0. The molecule has 0 unspecified atom stereocenters. The summed E-state index contributed by atoms with van der Waals surface area (Å²) in [5.74, 6) is -0.359. The van der Waals surface area contributed by atoms with Crippen molar-refractivity contribution >= 4 is 17.3 Å². The van der Waals surface area contributed by atoms with Gasteiger partial charge in [-0.1, -0.05) is 12.1 Å². The van der Waals surface area contributed by atoms with Crippen molar-refractivity contribution in [2.45, 2.75) is 13.8 Å². The monoisotopic (exact) mass is 220 g/mol. The van der Waals surface area contributed by atoms with Crippen LogP contribution in [0.2, 0.25) is 0 Å². The van der Waals surface area contributed by atoms with Gasteiger partial charge in [0.1, 0.15) is 0 Å². The number of nitrogens with two attached hydrogens (primary N) is 1. The van der Waals surface area contributed by atoms with E-state index in [0.717, 1.165) is 5.69 Å². The Kier molecular flexibility index (Phi) is 4.39. The summed E-state index contributed by atoms with van der Waals surface area (Å²) in [6, 6.07) is 7.36. The van der Waals surface area contributed by atoms with E-state index in [1.165, 1.54) is 6.08 Å². The summed E-state index contributed by atoms with van der Waals surface area (Å²) in [4.78, 5) is 11.2. The summed E-state index contributed by atoms with van der Waals surface area (Å²) in [6.07, 6.45) is 1.40. The first kappa shape index (κ1) is 12.1. The van der Waals surface area contributed by atoms with Crippen LogP contribution >= 0.6 is 0 Å². The van der Waals surface area contributed by atoms with Crippen molar-refractivity contribution in [2.24, 2.45) is 0 Å². The van der Waals surface area contributed by atoms with Crippen LogP contribution < -0.4 is 11.1 Å². The molecule has 3 N–H and O–H groups in total. The molecule has 0 atom stereocenters. The molecule has 0 aliphatic carbocycles. The van der Waals surface area contributed by atoms with Gasteiger partial charge in [-0.25, -0.2) is 4.79 Å². The molecular weight excluding hydrogens is 204 g/mol. The van der Waals surface area contributed by atoms with E-state index in [-0.39, 0.29) is 5.97 Å². The van der Waals surface area contributed by atoms with Crippen molar-refractivity contribution in [3.8, 4) is 0 Å². The van der Waals surface area contributed by atoms with Crippen LogP contribution in [-0.2, 0) is 9.53 Å². The first-order valence-electron chi connectivity index (χ1n) is 5.10. The standard InChI is InChI=1S/C12H16N2O2/c1-3-16-12(15)8-9(2)14-11-7-5-4-6-10(11)13/h4-8,14H,3,13H2,1-2H3. The molecule has 1 rings (SSSR count). The number of anilines is 2. The largest absolute Gasteiger partial charge is 0.463 e. The first-order valence-corrected chi connectivity index (χ1v) is 5.10. The lowest BCUT2D eigenvalue weighted by Crippen LogP contribution is -2.05. The minimum Gasteiger partial charge on any atom is -0.463 e. The van der Waals surface area contributed by atoms with Crippen molar-refractivity contribution in [3.63, 3.8) is 0 Å². The number of nitrogen functional groups attached to an aromatic ring is 1. The number of esters is 1. The van der Waals surface area contributed by atoms with Crippen molar-refractivity contribution in [1.29, 1.82) is 0 Å². The van der Waals surface area contributed by atoms with Gasteiger partial charge in [-0.05, 0) is 26.0 Å². The Morgan fingerprint density at radius 2 is 2.19 bits per heavy atom. The number of rotatable bonds is 4. The van der Waals surface area contributed by atoms with Crippen LogP contribution in [0.1, 0.15) is 13.8 Å². The number of nitrogens with one attached hydrogen (secondary N) is 1. The molecule has 86 valence electrons. The number of allylic oxidation sites excluding steroid dienone is 1. The number of benzene rings is 1. The molecule has 0 bridgehead atoms. The lowest BCUT2D eigenvalue weighted by atomic mass is 10.2. The predicted molar refractivity (Wildman–Crippen MR) is 64.9 cm³/mol. The van der Waals surface area contributed by atoms with Crippen molar-refractivity contribution in [2.75, 3.05) is 17.7 Å². The van der Waals surface area contributed by atoms with E-state index in [0.29, 0.717) is 18.0 Å². The summed E-state index contributed by atoms with van der Waals surface area (Å²) >= 11 is 0. The van der Waals surface area contributed by atoms with Crippen LogP contribution in [-0.4, -0.2) is 12.6 Å². The minimum absolute atomic E-state index is 0.359. The Morgan fingerprint density at radius 1 is 1.50 bits per heavy atom. The number of carbonyl (C=O) groups excluding carboxylic acids is 1. The molecule has 0 aromatic heterocycles. The highest BCUT2D eigenvalue weighted by Crippen LogP contribution is 2.18. The van der Waals surface area contributed by atoms with Gasteiger partial charge in [-0.3, -0.25) is 0 Å². The number of hydrogen-bond donors (Lipinski definition) is 2. The second-order valence-electron chi connectivity index (χ2n) is 3.29. The van der Waals surface area contributed by atoms with Crippen molar-refractivity contribution in [1.82, 2.24) is 0 Å². The number of ether oxygens (including phenoxy) is 1. The fraction of sp³-hybridized carbons (Fsp3) is 0.250. The average molecular weight is 220 g/mol. The van der Waals surface area contributed by atoms with Crippen LogP contribution in [0.4, 0.5) is 11.4 Å². The number of carbonyl (C=O) groups is 1. The third-order valence-electron chi connectivity index (χ3n) is 1.91. The third-order valence-corrected chi connectivity index (χ3v) is 1.91. The molecule has 4 heteroatoms. The maximum atomic E-state index is 11.2. The summed E-state index contributed by atoms with van der Waals surface area (Å²) in [5, 5.41) is 3.03. The van der Waals surface area contributed by atoms with Crippen LogP contribution in [0.5, 0.6) is 0 Å². The Labute approximate surface area is 95.1 Å². The lowest BCUT2D eigenvalue weighted by molar-refractivity contribution is -0.137. The Morgan fingerprint density at radius 3 is 2.81 bits per heavy atom. The molecule has 1 aromatic carbocycles. The van der Waals surface area contributed by atoms with Crippen LogP contribution in [0.3, 0.4) is 0 Å². The van der Waals surface area contributed by atoms with E-state index >= 15 is 0 Å². The van der Waals surface area contributed by atoms with E-state index < -0.39 is 0 Å². The van der Waals surface area contributed by atoms with Crippen molar-refractivity contribution in [3.05, 3.63) is 36.0 Å². The summed E-state index contributed by atoms with van der Waals surface area (Å²) in [7, 11) is 0. The molecule has 0 saturated carbocycles. The van der Waals surface area contributed by atoms with Gasteiger partial charge >= 0.3 is 5.97 Å². The Bertz CT molecular complexity index is 400. The Hall–Kier alpha value is -1.97. The maximum absolute atomic E-state index is 11.2. The van der Waals surface area contributed by atoms with Gasteiger partial charge in [0.25, 0.3) is 0 Å². The topological polar surface area (TPSA) is 64.3 Å². The number of para-hydroxylation sites is 2. The van der Waals surface area contributed by atoms with Crippen LogP contribution in [0, 0.1) is 0 Å². The van der Waals surface area contributed by atoms with E-state index in [9.17, 15) is 4.79 Å². The van der Waals surface area contributed by atoms with E-state index in [4.69, 9.17) is 10.5 Å². The molecule has 4 nitrogen and oxygen atoms in total. The molecular formula is C12H16N2O2. The highest BCUT2D eigenvalue weighted by atomic mass is 16.5. The second kappa shape index (κ2) is 5.80. The minimum atomic E-state index is -0.359. The van der Waals surface area contributed by atoms with E-state index in [2.05, 4.69) is 5.32 Å².